The summed E-state index contributed by atoms with van der Waals surface area (Å²) in [6, 6.07) is 9.83. The molecule has 2 amide bonds. The summed E-state index contributed by atoms with van der Waals surface area (Å²) >= 11 is 11.7. The highest BCUT2D eigenvalue weighted by Crippen LogP contribution is 2.31. The summed E-state index contributed by atoms with van der Waals surface area (Å²) in [5, 5.41) is 3.63. The molecule has 2 aliphatic rings. The van der Waals surface area contributed by atoms with Gasteiger partial charge in [0.2, 0.25) is 5.91 Å². The fourth-order valence-electron chi connectivity index (χ4n) is 4.25. The van der Waals surface area contributed by atoms with E-state index in [9.17, 15) is 14.0 Å². The molecule has 1 fully saturated rings. The molecule has 1 heterocycles. The average Bonchev–Trinajstić information content (AvgIpc) is 3.18. The monoisotopic (exact) mass is 464 g/mol. The van der Waals surface area contributed by atoms with Gasteiger partial charge in [-0.05, 0) is 61.1 Å². The van der Waals surface area contributed by atoms with Gasteiger partial charge in [-0.3, -0.25) is 9.59 Å². The zero-order chi connectivity index (χ0) is 22.0. The van der Waals surface area contributed by atoms with E-state index in [0.717, 1.165) is 42.9 Å². The van der Waals surface area contributed by atoms with Gasteiger partial charge in [-0.25, -0.2) is 4.39 Å². The van der Waals surface area contributed by atoms with Gasteiger partial charge in [0.05, 0.1) is 5.02 Å². The Kier molecular flexibility index (Phi) is 6.68. The Bertz CT molecular complexity index is 993. The molecular weight excluding hydrogens is 442 g/mol. The minimum atomic E-state index is -0.591. The lowest BCUT2D eigenvalue weighted by atomic mass is 9.85. The topological polar surface area (TPSA) is 58.6 Å². The Labute approximate surface area is 190 Å². The highest BCUT2D eigenvalue weighted by molar-refractivity contribution is 6.31. The van der Waals surface area contributed by atoms with Crippen LogP contribution in [0.3, 0.4) is 0 Å². The van der Waals surface area contributed by atoms with Gasteiger partial charge in [0, 0.05) is 36.1 Å². The maximum Gasteiger partial charge on any atom is 0.258 e. The second-order valence-corrected chi connectivity index (χ2v) is 8.93. The molecule has 4 rings (SSSR count). The number of ether oxygens (including phenoxy) is 1. The average molecular weight is 465 g/mol. The van der Waals surface area contributed by atoms with E-state index in [1.54, 1.807) is 0 Å². The molecule has 1 aliphatic heterocycles. The minimum absolute atomic E-state index is 0.00437. The van der Waals surface area contributed by atoms with Gasteiger partial charge in [0.1, 0.15) is 11.6 Å². The van der Waals surface area contributed by atoms with Crippen molar-refractivity contribution < 1.29 is 18.7 Å². The molecule has 1 aliphatic carbocycles. The molecule has 5 nitrogen and oxygen atoms in total. The SMILES string of the molecule is O=C(COc1ccc(Cl)c(F)c1)NC1CCC(C(=O)N2Cc3ccc(Cl)cc3C2)CC1. The molecule has 0 unspecified atom stereocenters. The molecule has 1 saturated carbocycles. The number of amides is 2. The summed E-state index contributed by atoms with van der Waals surface area (Å²) in [5.74, 6) is -0.459. The number of carbonyl (C=O) groups is 2. The molecular formula is C23H23Cl2FN2O3. The van der Waals surface area contributed by atoms with E-state index in [4.69, 9.17) is 27.9 Å². The first-order chi connectivity index (χ1) is 14.9. The van der Waals surface area contributed by atoms with Crippen LogP contribution in [0, 0.1) is 11.7 Å². The van der Waals surface area contributed by atoms with Crippen LogP contribution in [0.5, 0.6) is 5.75 Å². The second-order valence-electron chi connectivity index (χ2n) is 8.09. The van der Waals surface area contributed by atoms with E-state index in [-0.39, 0.29) is 41.2 Å². The van der Waals surface area contributed by atoms with Crippen molar-refractivity contribution in [2.24, 2.45) is 5.92 Å². The first-order valence-electron chi connectivity index (χ1n) is 10.3. The number of halogens is 3. The van der Waals surface area contributed by atoms with E-state index in [2.05, 4.69) is 5.32 Å². The Hall–Kier alpha value is -2.31. The zero-order valence-electron chi connectivity index (χ0n) is 16.9. The summed E-state index contributed by atoms with van der Waals surface area (Å²) in [5.41, 5.74) is 2.27. The quantitative estimate of drug-likeness (QED) is 0.695. The number of nitrogens with one attached hydrogen (secondary N) is 1. The molecule has 0 spiro atoms. The van der Waals surface area contributed by atoms with Gasteiger partial charge >= 0.3 is 0 Å². The normalized spacial score (nSPS) is 20.3. The van der Waals surface area contributed by atoms with E-state index in [1.807, 2.05) is 23.1 Å². The Balaban J connectivity index is 1.21. The van der Waals surface area contributed by atoms with E-state index >= 15 is 0 Å². The van der Waals surface area contributed by atoms with E-state index in [0.29, 0.717) is 18.1 Å². The lowest BCUT2D eigenvalue weighted by molar-refractivity contribution is -0.137. The van der Waals surface area contributed by atoms with Crippen LogP contribution in [0.15, 0.2) is 36.4 Å². The van der Waals surface area contributed by atoms with Crippen LogP contribution in [0.1, 0.15) is 36.8 Å². The van der Waals surface area contributed by atoms with Gasteiger partial charge in [0.15, 0.2) is 6.61 Å². The number of carbonyl (C=O) groups excluding carboxylic acids is 2. The number of benzene rings is 2. The summed E-state index contributed by atoms with van der Waals surface area (Å²) in [7, 11) is 0. The summed E-state index contributed by atoms with van der Waals surface area (Å²) in [4.78, 5) is 27.0. The lowest BCUT2D eigenvalue weighted by Gasteiger charge is -2.30. The standard InChI is InChI=1S/C23H23Cl2FN2O3/c24-17-4-1-15-11-28(12-16(15)9-17)23(30)14-2-5-18(6-3-14)27-22(29)13-31-19-7-8-20(25)21(26)10-19/h1,4,7-10,14,18H,2-3,5-6,11-13H2,(H,27,29). The van der Waals surface area contributed by atoms with E-state index in [1.165, 1.54) is 12.1 Å². The predicted molar refractivity (Wildman–Crippen MR) is 116 cm³/mol. The van der Waals surface area contributed by atoms with Crippen molar-refractivity contribution in [2.45, 2.75) is 44.8 Å². The smallest absolute Gasteiger partial charge is 0.258 e. The van der Waals surface area contributed by atoms with E-state index < -0.39 is 5.82 Å². The van der Waals surface area contributed by atoms with Crippen LogP contribution >= 0.6 is 23.2 Å². The molecule has 0 aromatic heterocycles. The highest BCUT2D eigenvalue weighted by Gasteiger charge is 2.32. The first kappa shape index (κ1) is 21.9. The third-order valence-corrected chi connectivity index (χ3v) is 6.45. The summed E-state index contributed by atoms with van der Waals surface area (Å²) in [6.45, 7) is 1.03. The summed E-state index contributed by atoms with van der Waals surface area (Å²) < 4.78 is 18.8. The van der Waals surface area contributed by atoms with Crippen LogP contribution in [-0.2, 0) is 22.7 Å². The van der Waals surface area contributed by atoms with Crippen LogP contribution in [0.4, 0.5) is 4.39 Å². The highest BCUT2D eigenvalue weighted by atomic mass is 35.5. The molecule has 31 heavy (non-hydrogen) atoms. The number of rotatable bonds is 5. The minimum Gasteiger partial charge on any atom is -0.484 e. The Morgan fingerprint density at radius 3 is 2.52 bits per heavy atom. The van der Waals surface area contributed by atoms with Crippen LogP contribution in [0.25, 0.3) is 0 Å². The largest absolute Gasteiger partial charge is 0.484 e. The third kappa shape index (κ3) is 5.31. The summed E-state index contributed by atoms with van der Waals surface area (Å²) in [6.07, 6.45) is 2.95. The van der Waals surface area contributed by atoms with Crippen molar-refractivity contribution in [1.29, 1.82) is 0 Å². The van der Waals surface area contributed by atoms with Gasteiger partial charge in [-0.15, -0.1) is 0 Å². The van der Waals surface area contributed by atoms with Gasteiger partial charge < -0.3 is 15.0 Å². The number of fused-ring (bicyclic) bond motifs is 1. The van der Waals surface area contributed by atoms with Crippen molar-refractivity contribution in [2.75, 3.05) is 6.61 Å². The second kappa shape index (κ2) is 9.45. The van der Waals surface area contributed by atoms with Crippen molar-refractivity contribution in [3.05, 3.63) is 63.4 Å². The molecule has 164 valence electrons. The molecule has 1 N–H and O–H groups in total. The van der Waals surface area contributed by atoms with Gasteiger partial charge in [-0.2, -0.15) is 0 Å². The van der Waals surface area contributed by atoms with Crippen LogP contribution in [0.2, 0.25) is 10.0 Å². The molecule has 2 aromatic carbocycles. The number of hydrogen-bond donors (Lipinski definition) is 1. The molecule has 2 aromatic rings. The number of nitrogens with zero attached hydrogens (tertiary/aromatic N) is 1. The lowest BCUT2D eigenvalue weighted by Crippen LogP contribution is -2.42. The van der Waals surface area contributed by atoms with Crippen LogP contribution < -0.4 is 10.1 Å². The van der Waals surface area contributed by atoms with Crippen molar-refractivity contribution in [3.8, 4) is 5.75 Å². The molecule has 0 atom stereocenters. The first-order valence-corrected chi connectivity index (χ1v) is 11.1. The fourth-order valence-corrected chi connectivity index (χ4v) is 4.56. The number of hydrogen-bond acceptors (Lipinski definition) is 3. The molecule has 0 radical (unpaired) electrons. The maximum absolute atomic E-state index is 13.4. The third-order valence-electron chi connectivity index (χ3n) is 5.90. The predicted octanol–water partition coefficient (Wildman–Crippen LogP) is 4.73. The molecule has 0 saturated heterocycles. The van der Waals surface area contributed by atoms with Crippen molar-refractivity contribution in [3.63, 3.8) is 0 Å². The Morgan fingerprint density at radius 1 is 1.03 bits per heavy atom. The maximum atomic E-state index is 13.4. The van der Waals surface area contributed by atoms with Crippen molar-refractivity contribution in [1.82, 2.24) is 10.2 Å². The fraction of sp³-hybridized carbons (Fsp3) is 0.391. The van der Waals surface area contributed by atoms with Gasteiger partial charge in [-0.1, -0.05) is 29.3 Å². The van der Waals surface area contributed by atoms with Crippen molar-refractivity contribution >= 4 is 35.0 Å². The van der Waals surface area contributed by atoms with Crippen LogP contribution in [-0.4, -0.2) is 29.4 Å². The zero-order valence-corrected chi connectivity index (χ0v) is 18.4. The molecule has 0 bridgehead atoms. The Morgan fingerprint density at radius 2 is 1.77 bits per heavy atom. The molecule has 8 heteroatoms. The van der Waals surface area contributed by atoms with Gasteiger partial charge in [0.25, 0.3) is 5.91 Å².